The van der Waals surface area contributed by atoms with E-state index in [1.54, 1.807) is 32.0 Å². The molecule has 1 aromatic heterocycles. The number of aromatic nitrogens is 2. The van der Waals surface area contributed by atoms with Gasteiger partial charge in [0.25, 0.3) is 5.56 Å². The molecule has 0 aliphatic heterocycles. The quantitative estimate of drug-likeness (QED) is 0.795. The monoisotopic (exact) mass is 324 g/mol. The number of benzene rings is 1. The molecule has 0 saturated heterocycles. The van der Waals surface area contributed by atoms with E-state index in [1.165, 1.54) is 4.57 Å². The highest BCUT2D eigenvalue weighted by atomic mass is 35.5. The predicted octanol–water partition coefficient (Wildman–Crippen LogP) is 1.90. The van der Waals surface area contributed by atoms with Crippen molar-refractivity contribution in [1.29, 1.82) is 0 Å². The molecule has 2 rings (SSSR count). The maximum atomic E-state index is 12.8. The van der Waals surface area contributed by atoms with E-state index in [4.69, 9.17) is 22.4 Å². The Morgan fingerprint density at radius 3 is 2.77 bits per heavy atom. The average molecular weight is 325 g/mol. The first-order valence-electron chi connectivity index (χ1n) is 6.76. The largest absolute Gasteiger partial charge is 0.465 e. The summed E-state index contributed by atoms with van der Waals surface area (Å²) in [5, 5.41) is 11.6. The number of hydrogen-bond acceptors (Lipinski definition) is 4. The van der Waals surface area contributed by atoms with E-state index in [1.807, 2.05) is 0 Å². The Hall–Kier alpha value is -2.12. The van der Waals surface area contributed by atoms with E-state index >= 15 is 0 Å². The van der Waals surface area contributed by atoms with Gasteiger partial charge in [-0.15, -0.1) is 0 Å². The zero-order valence-electron chi connectivity index (χ0n) is 12.2. The molecule has 1 amide bonds. The van der Waals surface area contributed by atoms with Gasteiger partial charge in [-0.05, 0) is 26.0 Å². The molecule has 2 atom stereocenters. The molecule has 0 aliphatic carbocycles. The maximum Gasteiger partial charge on any atom is 0.404 e. The third kappa shape index (κ3) is 3.05. The lowest BCUT2D eigenvalue weighted by Gasteiger charge is -2.21. The van der Waals surface area contributed by atoms with Crippen LogP contribution in [0.1, 0.15) is 31.8 Å². The molecule has 7 nitrogen and oxygen atoms in total. The van der Waals surface area contributed by atoms with Crippen molar-refractivity contribution in [3.8, 4) is 0 Å². The molecule has 0 saturated carbocycles. The van der Waals surface area contributed by atoms with Gasteiger partial charge in [0.1, 0.15) is 5.82 Å². The standard InChI is InChI=1S/C14H17ClN4O3/c1-7(6-17-14(21)22)19-12(8(2)16)18-10-5-3-4-9(15)11(10)13(19)20/h3-5,7-8,17H,6,16H2,1-2H3,(H,21,22)/t7?,8-/m0/s1. The fourth-order valence-electron chi connectivity index (χ4n) is 2.29. The molecule has 4 N–H and O–H groups in total. The molecule has 0 spiro atoms. The van der Waals surface area contributed by atoms with Gasteiger partial charge < -0.3 is 16.2 Å². The summed E-state index contributed by atoms with van der Waals surface area (Å²) in [6, 6.07) is 4.09. The number of carbonyl (C=O) groups is 1. The van der Waals surface area contributed by atoms with Gasteiger partial charge in [0.2, 0.25) is 0 Å². The van der Waals surface area contributed by atoms with Crippen LogP contribution in [0.25, 0.3) is 10.9 Å². The number of nitrogens with one attached hydrogen (secondary N) is 1. The first kappa shape index (κ1) is 16.3. The number of fused-ring (bicyclic) bond motifs is 1. The Balaban J connectivity index is 2.67. The minimum absolute atomic E-state index is 0.0621. The smallest absolute Gasteiger partial charge is 0.404 e. The minimum atomic E-state index is -1.16. The van der Waals surface area contributed by atoms with Gasteiger partial charge in [-0.3, -0.25) is 9.36 Å². The molecule has 2 aromatic rings. The third-order valence-electron chi connectivity index (χ3n) is 3.30. The number of rotatable bonds is 4. The molecule has 22 heavy (non-hydrogen) atoms. The Bertz CT molecular complexity index is 773. The van der Waals surface area contributed by atoms with Crippen LogP contribution < -0.4 is 16.6 Å². The molecule has 0 aliphatic rings. The first-order chi connectivity index (χ1) is 10.3. The average Bonchev–Trinajstić information content (AvgIpc) is 2.44. The number of halogens is 1. The summed E-state index contributed by atoms with van der Waals surface area (Å²) in [4.78, 5) is 27.8. The van der Waals surface area contributed by atoms with Crippen LogP contribution in [0.5, 0.6) is 0 Å². The van der Waals surface area contributed by atoms with Gasteiger partial charge in [-0.1, -0.05) is 17.7 Å². The van der Waals surface area contributed by atoms with Gasteiger partial charge in [0.15, 0.2) is 0 Å². The van der Waals surface area contributed by atoms with Crippen molar-refractivity contribution in [2.75, 3.05) is 6.54 Å². The predicted molar refractivity (Wildman–Crippen MR) is 84.4 cm³/mol. The highest BCUT2D eigenvalue weighted by molar-refractivity contribution is 6.35. The van der Waals surface area contributed by atoms with Gasteiger partial charge in [-0.25, -0.2) is 9.78 Å². The topological polar surface area (TPSA) is 110 Å². The highest BCUT2D eigenvalue weighted by Crippen LogP contribution is 2.21. The summed E-state index contributed by atoms with van der Waals surface area (Å²) in [5.74, 6) is 0.388. The molecular weight excluding hydrogens is 308 g/mol. The van der Waals surface area contributed by atoms with Crippen LogP contribution >= 0.6 is 11.6 Å². The Morgan fingerprint density at radius 1 is 1.50 bits per heavy atom. The Labute approximate surface area is 131 Å². The van der Waals surface area contributed by atoms with Crippen LogP contribution in [0.4, 0.5) is 4.79 Å². The van der Waals surface area contributed by atoms with E-state index in [0.717, 1.165) is 0 Å². The minimum Gasteiger partial charge on any atom is -0.465 e. The molecule has 118 valence electrons. The lowest BCUT2D eigenvalue weighted by molar-refractivity contribution is 0.192. The molecular formula is C14H17ClN4O3. The van der Waals surface area contributed by atoms with Crippen LogP contribution in [0.3, 0.4) is 0 Å². The molecule has 0 bridgehead atoms. The molecule has 8 heteroatoms. The number of nitrogens with zero attached hydrogens (tertiary/aromatic N) is 2. The Kier molecular flexibility index (Phi) is 4.68. The van der Waals surface area contributed by atoms with E-state index < -0.39 is 18.2 Å². The van der Waals surface area contributed by atoms with Crippen molar-refractivity contribution < 1.29 is 9.90 Å². The van der Waals surface area contributed by atoms with Crippen molar-refractivity contribution in [2.24, 2.45) is 5.73 Å². The first-order valence-corrected chi connectivity index (χ1v) is 7.13. The summed E-state index contributed by atoms with van der Waals surface area (Å²) in [7, 11) is 0. The lowest BCUT2D eigenvalue weighted by atomic mass is 10.2. The lowest BCUT2D eigenvalue weighted by Crippen LogP contribution is -2.36. The van der Waals surface area contributed by atoms with E-state index in [0.29, 0.717) is 21.7 Å². The molecule has 1 unspecified atom stereocenters. The summed E-state index contributed by atoms with van der Waals surface area (Å²) in [6.45, 7) is 3.49. The van der Waals surface area contributed by atoms with E-state index in [2.05, 4.69) is 10.3 Å². The van der Waals surface area contributed by atoms with Gasteiger partial charge >= 0.3 is 6.09 Å². The molecule has 1 aromatic carbocycles. The van der Waals surface area contributed by atoms with Crippen molar-refractivity contribution >= 4 is 28.6 Å². The Morgan fingerprint density at radius 2 is 2.18 bits per heavy atom. The van der Waals surface area contributed by atoms with Crippen LogP contribution in [-0.2, 0) is 0 Å². The summed E-state index contributed by atoms with van der Waals surface area (Å²) in [5.41, 5.74) is 6.06. The van der Waals surface area contributed by atoms with Crippen molar-refractivity contribution in [3.63, 3.8) is 0 Å². The van der Waals surface area contributed by atoms with Crippen molar-refractivity contribution in [3.05, 3.63) is 39.4 Å². The second-order valence-electron chi connectivity index (χ2n) is 5.10. The molecule has 1 heterocycles. The highest BCUT2D eigenvalue weighted by Gasteiger charge is 2.20. The van der Waals surface area contributed by atoms with E-state index in [9.17, 15) is 9.59 Å². The zero-order chi connectivity index (χ0) is 16.4. The summed E-state index contributed by atoms with van der Waals surface area (Å²) >= 11 is 6.10. The fourth-order valence-corrected chi connectivity index (χ4v) is 2.54. The summed E-state index contributed by atoms with van der Waals surface area (Å²) in [6.07, 6.45) is -1.16. The van der Waals surface area contributed by atoms with Crippen LogP contribution in [-0.4, -0.2) is 27.3 Å². The number of hydrogen-bond donors (Lipinski definition) is 3. The van der Waals surface area contributed by atoms with E-state index in [-0.39, 0.29) is 12.1 Å². The number of carboxylic acid groups (broad SMARTS) is 1. The number of nitrogens with two attached hydrogens (primary N) is 1. The van der Waals surface area contributed by atoms with Crippen LogP contribution in [0, 0.1) is 0 Å². The second kappa shape index (κ2) is 6.33. The van der Waals surface area contributed by atoms with Crippen molar-refractivity contribution in [1.82, 2.24) is 14.9 Å². The van der Waals surface area contributed by atoms with Gasteiger partial charge in [0, 0.05) is 6.54 Å². The normalized spacial score (nSPS) is 13.8. The molecule has 0 fully saturated rings. The number of amides is 1. The maximum absolute atomic E-state index is 12.8. The second-order valence-corrected chi connectivity index (χ2v) is 5.51. The molecule has 0 radical (unpaired) electrons. The van der Waals surface area contributed by atoms with Gasteiger partial charge in [-0.2, -0.15) is 0 Å². The SMILES string of the molecule is CC(CNC(=O)O)n1c([C@H](C)N)nc2cccc(Cl)c2c1=O. The third-order valence-corrected chi connectivity index (χ3v) is 3.62. The zero-order valence-corrected chi connectivity index (χ0v) is 13.0. The van der Waals surface area contributed by atoms with Crippen LogP contribution in [0.15, 0.2) is 23.0 Å². The van der Waals surface area contributed by atoms with Crippen LogP contribution in [0.2, 0.25) is 5.02 Å². The fraction of sp³-hybridized carbons (Fsp3) is 0.357. The van der Waals surface area contributed by atoms with Gasteiger partial charge in [0.05, 0.1) is 28.0 Å². The van der Waals surface area contributed by atoms with Crippen molar-refractivity contribution in [2.45, 2.75) is 25.9 Å². The summed E-state index contributed by atoms with van der Waals surface area (Å²) < 4.78 is 1.40.